The molecule has 0 atom stereocenters. The van der Waals surface area contributed by atoms with Crippen molar-refractivity contribution in [3.8, 4) is 0 Å². The number of hydrogen-bond acceptors (Lipinski definition) is 5. The highest BCUT2D eigenvalue weighted by atomic mass is 32.2. The maximum absolute atomic E-state index is 12.4. The predicted octanol–water partition coefficient (Wildman–Crippen LogP) is 4.02. The van der Waals surface area contributed by atoms with Gasteiger partial charge in [0.05, 0.1) is 5.71 Å². The van der Waals surface area contributed by atoms with Gasteiger partial charge >= 0.3 is 0 Å². The summed E-state index contributed by atoms with van der Waals surface area (Å²) in [4.78, 5) is 12.4. The number of carbonyl (C=O) groups is 1. The van der Waals surface area contributed by atoms with E-state index in [0.29, 0.717) is 11.3 Å². The average molecular weight is 426 g/mol. The van der Waals surface area contributed by atoms with Crippen LogP contribution in [0.2, 0.25) is 0 Å². The van der Waals surface area contributed by atoms with Crippen molar-refractivity contribution in [2.24, 2.45) is 5.10 Å². The van der Waals surface area contributed by atoms with Crippen LogP contribution < -0.4 is 10.1 Å². The molecule has 3 aromatic rings. The number of nitrogens with one attached hydrogen (secondary N) is 2. The Morgan fingerprint density at radius 3 is 2.52 bits per heavy atom. The maximum atomic E-state index is 12.4. The van der Waals surface area contributed by atoms with E-state index < -0.39 is 10.0 Å². The third-order valence-electron chi connectivity index (χ3n) is 4.64. The summed E-state index contributed by atoms with van der Waals surface area (Å²) in [5.74, 6) is -0.340. The van der Waals surface area contributed by atoms with E-state index in [1.807, 2.05) is 18.2 Å². The van der Waals surface area contributed by atoms with Crippen LogP contribution >= 0.6 is 11.3 Å². The first-order valence-corrected chi connectivity index (χ1v) is 11.5. The lowest BCUT2D eigenvalue weighted by atomic mass is 9.90. The number of rotatable bonds is 5. The fourth-order valence-electron chi connectivity index (χ4n) is 3.21. The first-order valence-electron chi connectivity index (χ1n) is 9.14. The number of nitrogens with zero attached hydrogens (tertiary/aromatic N) is 1. The zero-order valence-electron chi connectivity index (χ0n) is 15.5. The van der Waals surface area contributed by atoms with Gasteiger partial charge in [-0.2, -0.15) is 5.10 Å². The topological polar surface area (TPSA) is 87.6 Å². The largest absolute Gasteiger partial charge is 0.279 e. The van der Waals surface area contributed by atoms with Crippen LogP contribution in [0.25, 0.3) is 0 Å². The Kier molecular flexibility index (Phi) is 5.46. The SMILES string of the molecule is O=C(NN=C1CCCc2ccccc21)c1ccc(NS(=O)(=O)c2cccs2)cc1. The first kappa shape index (κ1) is 19.4. The van der Waals surface area contributed by atoms with Crippen molar-refractivity contribution in [3.63, 3.8) is 0 Å². The van der Waals surface area contributed by atoms with Gasteiger partial charge in [0, 0.05) is 16.8 Å². The fourth-order valence-corrected chi connectivity index (χ4v) is 5.26. The molecule has 1 aliphatic rings. The summed E-state index contributed by atoms with van der Waals surface area (Å²) in [5, 5.41) is 6.03. The number of hydrogen-bond donors (Lipinski definition) is 2. The van der Waals surface area contributed by atoms with Crippen molar-refractivity contribution in [1.82, 2.24) is 5.43 Å². The van der Waals surface area contributed by atoms with Gasteiger partial charge in [0.1, 0.15) is 4.21 Å². The Hall–Kier alpha value is -2.97. The molecule has 148 valence electrons. The second-order valence-electron chi connectivity index (χ2n) is 6.63. The summed E-state index contributed by atoms with van der Waals surface area (Å²) in [7, 11) is -3.61. The van der Waals surface area contributed by atoms with E-state index >= 15 is 0 Å². The summed E-state index contributed by atoms with van der Waals surface area (Å²) in [6, 6.07) is 17.6. The van der Waals surface area contributed by atoms with Gasteiger partial charge in [0.2, 0.25) is 0 Å². The molecule has 29 heavy (non-hydrogen) atoms. The summed E-state index contributed by atoms with van der Waals surface area (Å²) in [5.41, 5.74) is 6.60. The number of thiophene rings is 1. The Morgan fingerprint density at radius 1 is 0.966 bits per heavy atom. The van der Waals surface area contributed by atoms with E-state index in [1.54, 1.807) is 35.7 Å². The van der Waals surface area contributed by atoms with Gasteiger partial charge < -0.3 is 0 Å². The Labute approximate surface area is 173 Å². The molecule has 0 spiro atoms. The number of sulfonamides is 1. The second-order valence-corrected chi connectivity index (χ2v) is 9.48. The highest BCUT2D eigenvalue weighted by molar-refractivity contribution is 7.94. The minimum absolute atomic E-state index is 0.239. The normalized spacial score (nSPS) is 15.0. The number of anilines is 1. The molecule has 2 aromatic carbocycles. The number of carbonyl (C=O) groups excluding carboxylic acids is 1. The lowest BCUT2D eigenvalue weighted by Gasteiger charge is -2.17. The average Bonchev–Trinajstić information content (AvgIpc) is 3.28. The highest BCUT2D eigenvalue weighted by Gasteiger charge is 2.17. The quantitative estimate of drug-likeness (QED) is 0.605. The van der Waals surface area contributed by atoms with Crippen LogP contribution in [0.15, 0.2) is 75.4 Å². The standard InChI is InChI=1S/C21H19N3O3S2/c25-21(23-22-19-8-3-6-15-5-1-2-7-18(15)19)16-10-12-17(13-11-16)24-29(26,27)20-9-4-14-28-20/h1-2,4-5,7,9-14,24H,3,6,8H2,(H,23,25). The van der Waals surface area contributed by atoms with Crippen molar-refractivity contribution in [3.05, 3.63) is 82.7 Å². The van der Waals surface area contributed by atoms with Crippen molar-refractivity contribution in [1.29, 1.82) is 0 Å². The maximum Gasteiger partial charge on any atom is 0.271 e. The monoisotopic (exact) mass is 425 g/mol. The van der Waals surface area contributed by atoms with Gasteiger partial charge in [-0.3, -0.25) is 9.52 Å². The Balaban J connectivity index is 1.44. The third-order valence-corrected chi connectivity index (χ3v) is 7.42. The molecule has 8 heteroatoms. The molecule has 2 N–H and O–H groups in total. The molecule has 1 aliphatic carbocycles. The smallest absolute Gasteiger partial charge is 0.271 e. The van der Waals surface area contributed by atoms with Crippen molar-refractivity contribution in [2.75, 3.05) is 4.72 Å². The van der Waals surface area contributed by atoms with E-state index in [9.17, 15) is 13.2 Å². The summed E-state index contributed by atoms with van der Waals surface area (Å²) < 4.78 is 27.3. The zero-order valence-corrected chi connectivity index (χ0v) is 17.1. The molecular weight excluding hydrogens is 406 g/mol. The lowest BCUT2D eigenvalue weighted by Crippen LogP contribution is -2.22. The molecule has 6 nitrogen and oxygen atoms in total. The van der Waals surface area contributed by atoms with Gasteiger partial charge in [0.15, 0.2) is 0 Å². The number of hydrazone groups is 1. The number of fused-ring (bicyclic) bond motifs is 1. The van der Waals surface area contributed by atoms with E-state index in [2.05, 4.69) is 21.3 Å². The molecule has 0 radical (unpaired) electrons. The number of aryl methyl sites for hydroxylation is 1. The van der Waals surface area contributed by atoms with Crippen molar-refractivity contribution in [2.45, 2.75) is 23.5 Å². The second kappa shape index (κ2) is 8.18. The van der Waals surface area contributed by atoms with E-state index in [4.69, 9.17) is 0 Å². The molecule has 0 saturated heterocycles. The van der Waals surface area contributed by atoms with Crippen LogP contribution in [0.4, 0.5) is 5.69 Å². The van der Waals surface area contributed by atoms with Gasteiger partial charge in [-0.15, -0.1) is 11.3 Å². The van der Waals surface area contributed by atoms with Crippen LogP contribution in [-0.4, -0.2) is 20.0 Å². The molecule has 4 rings (SSSR count). The lowest BCUT2D eigenvalue weighted by molar-refractivity contribution is 0.0954. The summed E-state index contributed by atoms with van der Waals surface area (Å²) >= 11 is 1.14. The van der Waals surface area contributed by atoms with Crippen molar-refractivity contribution >= 4 is 38.7 Å². The van der Waals surface area contributed by atoms with Crippen molar-refractivity contribution < 1.29 is 13.2 Å². The van der Waals surface area contributed by atoms with Crippen LogP contribution in [0, 0.1) is 0 Å². The first-order chi connectivity index (χ1) is 14.0. The molecule has 0 bridgehead atoms. The molecule has 0 unspecified atom stereocenters. The van der Waals surface area contributed by atoms with Crippen LogP contribution in [0.1, 0.15) is 34.3 Å². The van der Waals surface area contributed by atoms with Gasteiger partial charge in [-0.25, -0.2) is 13.8 Å². The molecular formula is C21H19N3O3S2. The molecule has 0 saturated carbocycles. The van der Waals surface area contributed by atoms with Gasteiger partial charge in [0.25, 0.3) is 15.9 Å². The van der Waals surface area contributed by atoms with Gasteiger partial charge in [-0.1, -0.05) is 30.3 Å². The predicted molar refractivity (Wildman–Crippen MR) is 115 cm³/mol. The minimum Gasteiger partial charge on any atom is -0.279 e. The molecule has 1 amide bonds. The molecule has 0 fully saturated rings. The van der Waals surface area contributed by atoms with Crippen LogP contribution in [-0.2, 0) is 16.4 Å². The van der Waals surface area contributed by atoms with E-state index in [-0.39, 0.29) is 10.1 Å². The summed E-state index contributed by atoms with van der Waals surface area (Å²) in [6.07, 6.45) is 2.84. The number of amides is 1. The van der Waals surface area contributed by atoms with Crippen LogP contribution in [0.5, 0.6) is 0 Å². The Bertz CT molecular complexity index is 1150. The molecule has 0 aliphatic heterocycles. The van der Waals surface area contributed by atoms with E-state index in [1.165, 1.54) is 11.6 Å². The van der Waals surface area contributed by atoms with Gasteiger partial charge in [-0.05, 0) is 60.5 Å². The fraction of sp³-hybridized carbons (Fsp3) is 0.143. The van der Waals surface area contributed by atoms with E-state index in [0.717, 1.165) is 41.9 Å². The highest BCUT2D eigenvalue weighted by Crippen LogP contribution is 2.22. The minimum atomic E-state index is -3.61. The molecule has 1 heterocycles. The van der Waals surface area contributed by atoms with Crippen LogP contribution in [0.3, 0.4) is 0 Å². The Morgan fingerprint density at radius 2 is 1.76 bits per heavy atom. The zero-order chi connectivity index (χ0) is 20.3. The summed E-state index contributed by atoms with van der Waals surface area (Å²) in [6.45, 7) is 0. The number of benzene rings is 2. The molecule has 1 aromatic heterocycles. The third kappa shape index (κ3) is 4.38.